The molecule has 3 rings (SSSR count). The molecular formula is C29H38O3Si. The molecule has 0 amide bonds. The summed E-state index contributed by atoms with van der Waals surface area (Å²) in [5.74, 6) is 2.82. The number of ether oxygens (including phenoxy) is 2. The summed E-state index contributed by atoms with van der Waals surface area (Å²) in [5.41, 5.74) is 0.173. The van der Waals surface area contributed by atoms with Crippen LogP contribution in [0, 0.1) is 12.3 Å². The molecule has 0 saturated carbocycles. The van der Waals surface area contributed by atoms with Gasteiger partial charge in [-0.2, -0.15) is 0 Å². The monoisotopic (exact) mass is 462 g/mol. The van der Waals surface area contributed by atoms with Crippen molar-refractivity contribution >= 4 is 18.7 Å². The highest BCUT2D eigenvalue weighted by Gasteiger charge is 2.51. The molecule has 0 bridgehead atoms. The van der Waals surface area contributed by atoms with E-state index in [4.69, 9.17) is 20.3 Å². The first-order valence-corrected chi connectivity index (χ1v) is 13.7. The van der Waals surface area contributed by atoms with E-state index in [2.05, 4.69) is 93.9 Å². The molecule has 2 aromatic rings. The van der Waals surface area contributed by atoms with Crippen molar-refractivity contribution in [3.63, 3.8) is 0 Å². The summed E-state index contributed by atoms with van der Waals surface area (Å²) in [7, 11) is -2.59. The van der Waals surface area contributed by atoms with Crippen molar-refractivity contribution < 1.29 is 13.9 Å². The Labute approximate surface area is 201 Å². The first kappa shape index (κ1) is 25.5. The fourth-order valence-electron chi connectivity index (χ4n) is 4.71. The Morgan fingerprint density at radius 2 is 1.58 bits per heavy atom. The summed E-state index contributed by atoms with van der Waals surface area (Å²) in [6.45, 7) is 15.6. The van der Waals surface area contributed by atoms with Gasteiger partial charge in [-0.15, -0.1) is 6.42 Å². The average Bonchev–Trinajstić information content (AvgIpc) is 3.28. The molecule has 4 heteroatoms. The van der Waals surface area contributed by atoms with Gasteiger partial charge in [-0.25, -0.2) is 0 Å². The summed E-state index contributed by atoms with van der Waals surface area (Å²) in [6, 6.07) is 21.4. The van der Waals surface area contributed by atoms with Crippen LogP contribution in [0.15, 0.2) is 72.8 Å². The van der Waals surface area contributed by atoms with Crippen LogP contribution in [0.2, 0.25) is 5.04 Å². The molecule has 176 valence electrons. The second kappa shape index (κ2) is 10.4. The van der Waals surface area contributed by atoms with Crippen LogP contribution in [0.5, 0.6) is 0 Å². The molecule has 1 aliphatic heterocycles. The van der Waals surface area contributed by atoms with Crippen LogP contribution in [-0.4, -0.2) is 39.3 Å². The van der Waals surface area contributed by atoms with E-state index in [-0.39, 0.29) is 17.2 Å². The number of hydrogen-bond donors (Lipinski definition) is 0. The molecule has 0 aliphatic carbocycles. The fraction of sp³-hybridized carbons (Fsp3) is 0.448. The molecular weight excluding hydrogens is 424 g/mol. The Bertz CT molecular complexity index is 918. The van der Waals surface area contributed by atoms with Gasteiger partial charge in [-0.3, -0.25) is 0 Å². The number of rotatable bonds is 9. The van der Waals surface area contributed by atoms with Crippen LogP contribution in [0.1, 0.15) is 47.5 Å². The van der Waals surface area contributed by atoms with E-state index in [1.807, 2.05) is 13.8 Å². The van der Waals surface area contributed by atoms with E-state index in [1.54, 1.807) is 0 Å². The smallest absolute Gasteiger partial charge is 0.261 e. The number of terminal acetylenes is 1. The predicted molar refractivity (Wildman–Crippen MR) is 139 cm³/mol. The third-order valence-electron chi connectivity index (χ3n) is 6.53. The summed E-state index contributed by atoms with van der Waals surface area (Å²) in [4.78, 5) is 0. The van der Waals surface area contributed by atoms with Crippen molar-refractivity contribution in [2.24, 2.45) is 0 Å². The topological polar surface area (TPSA) is 27.7 Å². The largest absolute Gasteiger partial charge is 0.405 e. The van der Waals surface area contributed by atoms with Gasteiger partial charge in [0.1, 0.15) is 0 Å². The van der Waals surface area contributed by atoms with Crippen molar-refractivity contribution in [3.8, 4) is 12.3 Å². The lowest BCUT2D eigenvalue weighted by atomic mass is 9.97. The zero-order valence-electron chi connectivity index (χ0n) is 20.8. The zero-order valence-corrected chi connectivity index (χ0v) is 21.8. The highest BCUT2D eigenvalue weighted by molar-refractivity contribution is 6.99. The van der Waals surface area contributed by atoms with E-state index in [0.717, 1.165) is 18.4 Å². The van der Waals surface area contributed by atoms with Crippen LogP contribution in [0.25, 0.3) is 0 Å². The second-order valence-electron chi connectivity index (χ2n) is 10.3. The molecule has 3 nitrogen and oxygen atoms in total. The summed E-state index contributed by atoms with van der Waals surface area (Å²) >= 11 is 0. The minimum Gasteiger partial charge on any atom is -0.405 e. The Hall–Kier alpha value is -2.16. The third kappa shape index (κ3) is 5.50. The Morgan fingerprint density at radius 3 is 2.03 bits per heavy atom. The van der Waals surface area contributed by atoms with Crippen molar-refractivity contribution in [3.05, 3.63) is 72.8 Å². The predicted octanol–water partition coefficient (Wildman–Crippen LogP) is 5.10. The van der Waals surface area contributed by atoms with Crippen LogP contribution >= 0.6 is 0 Å². The van der Waals surface area contributed by atoms with E-state index in [0.29, 0.717) is 13.2 Å². The lowest BCUT2D eigenvalue weighted by Crippen LogP contribution is -2.67. The molecule has 3 atom stereocenters. The highest BCUT2D eigenvalue weighted by Crippen LogP contribution is 2.38. The number of hydrogen-bond acceptors (Lipinski definition) is 3. The van der Waals surface area contributed by atoms with Gasteiger partial charge in [0, 0.05) is 0 Å². The van der Waals surface area contributed by atoms with E-state index >= 15 is 0 Å². The van der Waals surface area contributed by atoms with E-state index in [1.165, 1.54) is 10.4 Å². The second-order valence-corrected chi connectivity index (χ2v) is 14.6. The Balaban J connectivity index is 1.84. The fourth-order valence-corrected chi connectivity index (χ4v) is 9.31. The third-order valence-corrected chi connectivity index (χ3v) is 11.5. The number of benzene rings is 2. The molecule has 33 heavy (non-hydrogen) atoms. The van der Waals surface area contributed by atoms with Gasteiger partial charge in [0.15, 0.2) is 5.60 Å². The molecule has 1 fully saturated rings. The summed E-state index contributed by atoms with van der Waals surface area (Å²) in [5, 5.41) is 2.49. The van der Waals surface area contributed by atoms with Gasteiger partial charge in [0.2, 0.25) is 0 Å². The molecule has 0 aromatic heterocycles. The van der Waals surface area contributed by atoms with Gasteiger partial charge in [0.05, 0.1) is 25.4 Å². The summed E-state index contributed by atoms with van der Waals surface area (Å²) < 4.78 is 19.5. The highest BCUT2D eigenvalue weighted by atomic mass is 28.4. The van der Waals surface area contributed by atoms with Crippen molar-refractivity contribution in [1.82, 2.24) is 0 Å². The lowest BCUT2D eigenvalue weighted by molar-refractivity contribution is -0.0991. The maximum Gasteiger partial charge on any atom is 0.261 e. The standard InChI is InChI=1S/C29H38O3Si/c1-8-29(7,30-21-23(2)3)27-20-19-24(32-27)22-31-33(28(4,5)6,25-15-11-9-12-16-25)26-17-13-10-14-18-26/h1,9-18,24,27H,2,19-22H2,3-7H3/t24-,27+,29+/m0/s1. The van der Waals surface area contributed by atoms with Crippen molar-refractivity contribution in [2.75, 3.05) is 13.2 Å². The Morgan fingerprint density at radius 1 is 1.03 bits per heavy atom. The molecule has 1 heterocycles. The minimum atomic E-state index is -2.59. The van der Waals surface area contributed by atoms with Gasteiger partial charge >= 0.3 is 0 Å². The van der Waals surface area contributed by atoms with Crippen molar-refractivity contribution in [2.45, 2.75) is 70.3 Å². The molecule has 1 saturated heterocycles. The summed E-state index contributed by atoms with van der Waals surface area (Å²) in [6.07, 6.45) is 7.44. The van der Waals surface area contributed by atoms with Gasteiger partial charge < -0.3 is 13.9 Å². The zero-order chi connectivity index (χ0) is 24.1. The molecule has 1 aliphatic rings. The van der Waals surface area contributed by atoms with E-state index in [9.17, 15) is 0 Å². The minimum absolute atomic E-state index is 0.0160. The molecule has 2 aromatic carbocycles. The maximum absolute atomic E-state index is 7.05. The van der Waals surface area contributed by atoms with Gasteiger partial charge in [0.25, 0.3) is 8.32 Å². The van der Waals surface area contributed by atoms with Gasteiger partial charge in [-0.1, -0.05) is 99.5 Å². The Kier molecular flexibility index (Phi) is 8.03. The lowest BCUT2D eigenvalue weighted by Gasteiger charge is -2.43. The molecule has 0 spiro atoms. The van der Waals surface area contributed by atoms with E-state index < -0.39 is 13.9 Å². The molecule has 0 unspecified atom stereocenters. The van der Waals surface area contributed by atoms with Crippen molar-refractivity contribution in [1.29, 1.82) is 0 Å². The average molecular weight is 463 g/mol. The SMILES string of the molecule is C#C[C@@](C)(OCC(=C)C)[C@H]1CC[C@@H](CO[Si](c2ccccc2)(c2ccccc2)C(C)(C)C)O1. The van der Waals surface area contributed by atoms with Crippen LogP contribution in [0.3, 0.4) is 0 Å². The maximum atomic E-state index is 7.05. The molecule has 0 N–H and O–H groups in total. The quantitative estimate of drug-likeness (QED) is 0.295. The normalized spacial score (nSPS) is 20.7. The first-order chi connectivity index (χ1) is 15.6. The van der Waals surface area contributed by atoms with Crippen LogP contribution < -0.4 is 10.4 Å². The van der Waals surface area contributed by atoms with Crippen LogP contribution in [0.4, 0.5) is 0 Å². The van der Waals surface area contributed by atoms with Crippen LogP contribution in [-0.2, 0) is 13.9 Å². The first-order valence-electron chi connectivity index (χ1n) is 11.8. The van der Waals surface area contributed by atoms with Gasteiger partial charge in [-0.05, 0) is 42.1 Å². The molecule has 0 radical (unpaired) electrons.